The van der Waals surface area contributed by atoms with Crippen LogP contribution in [0.1, 0.15) is 54.2 Å². The first-order valence-corrected chi connectivity index (χ1v) is 12.3. The number of rotatable bonds is 7. The van der Waals surface area contributed by atoms with E-state index in [1.165, 1.54) is 18.9 Å². The van der Waals surface area contributed by atoms with E-state index in [4.69, 9.17) is 0 Å². The van der Waals surface area contributed by atoms with E-state index in [1.54, 1.807) is 24.5 Å². The van der Waals surface area contributed by atoms with Crippen molar-refractivity contribution in [3.8, 4) is 11.5 Å². The summed E-state index contributed by atoms with van der Waals surface area (Å²) in [7, 11) is 0. The molecule has 0 saturated heterocycles. The van der Waals surface area contributed by atoms with Crippen LogP contribution >= 0.6 is 11.9 Å². The molecule has 2 aromatic heterocycles. The van der Waals surface area contributed by atoms with Crippen molar-refractivity contribution in [3.63, 3.8) is 0 Å². The molecule has 0 bridgehead atoms. The minimum atomic E-state index is -0.506. The third-order valence-corrected chi connectivity index (χ3v) is 7.35. The Morgan fingerprint density at radius 3 is 2.91 bits per heavy atom. The Balaban J connectivity index is 1.33. The lowest BCUT2D eigenvalue weighted by atomic mass is 9.97. The first-order valence-electron chi connectivity index (χ1n) is 11.4. The van der Waals surface area contributed by atoms with Gasteiger partial charge in [0.15, 0.2) is 5.82 Å². The Bertz CT molecular complexity index is 1180. The second-order valence-corrected chi connectivity index (χ2v) is 10.1. The Morgan fingerprint density at radius 2 is 2.12 bits per heavy atom. The Morgan fingerprint density at radius 1 is 1.27 bits per heavy atom. The van der Waals surface area contributed by atoms with E-state index in [1.807, 2.05) is 36.4 Å². The second-order valence-electron chi connectivity index (χ2n) is 8.97. The van der Waals surface area contributed by atoms with Crippen molar-refractivity contribution < 1.29 is 9.18 Å². The zero-order chi connectivity index (χ0) is 22.9. The van der Waals surface area contributed by atoms with Crippen LogP contribution in [0.4, 0.5) is 10.2 Å². The number of hydrogen-bond acceptors (Lipinski definition) is 6. The zero-order valence-corrected chi connectivity index (χ0v) is 19.6. The molecule has 5 rings (SSSR count). The van der Waals surface area contributed by atoms with Gasteiger partial charge in [-0.25, -0.2) is 13.7 Å². The van der Waals surface area contributed by atoms with E-state index in [-0.39, 0.29) is 11.6 Å². The fourth-order valence-electron chi connectivity index (χ4n) is 3.95. The van der Waals surface area contributed by atoms with Gasteiger partial charge in [-0.15, -0.1) is 10.2 Å². The maximum absolute atomic E-state index is 14.8. The lowest BCUT2D eigenvalue weighted by molar-refractivity contribution is 0.102. The van der Waals surface area contributed by atoms with Gasteiger partial charge in [0, 0.05) is 24.9 Å². The number of amides is 1. The highest BCUT2D eigenvalue weighted by atomic mass is 32.2. The first kappa shape index (κ1) is 22.0. The number of halogens is 1. The summed E-state index contributed by atoms with van der Waals surface area (Å²) in [5, 5.41) is 10.9. The number of nitrogens with zero attached hydrogens (tertiary/aromatic N) is 5. The third-order valence-electron chi connectivity index (χ3n) is 6.05. The highest BCUT2D eigenvalue weighted by Crippen LogP contribution is 2.35. The van der Waals surface area contributed by atoms with Gasteiger partial charge < -0.3 is 9.88 Å². The van der Waals surface area contributed by atoms with Crippen LogP contribution in [-0.4, -0.2) is 42.3 Å². The van der Waals surface area contributed by atoms with E-state index in [0.717, 1.165) is 42.3 Å². The Labute approximate surface area is 196 Å². The van der Waals surface area contributed by atoms with Gasteiger partial charge in [0.2, 0.25) is 0 Å². The van der Waals surface area contributed by atoms with E-state index in [2.05, 4.69) is 24.8 Å². The molecule has 7 nitrogen and oxygen atoms in total. The zero-order valence-electron chi connectivity index (χ0n) is 18.8. The van der Waals surface area contributed by atoms with Crippen LogP contribution < -0.4 is 5.32 Å². The molecule has 0 unspecified atom stereocenters. The molecule has 1 aromatic carbocycles. The summed E-state index contributed by atoms with van der Waals surface area (Å²) in [6.45, 7) is 5.70. The number of hydrogen-bond donors (Lipinski definition) is 1. The topological polar surface area (TPSA) is 75.9 Å². The summed E-state index contributed by atoms with van der Waals surface area (Å²) in [6, 6.07) is 8.66. The molecule has 1 fully saturated rings. The van der Waals surface area contributed by atoms with Crippen LogP contribution in [0.2, 0.25) is 0 Å². The molecule has 9 heteroatoms. The maximum atomic E-state index is 14.8. The van der Waals surface area contributed by atoms with Crippen LogP contribution in [0.5, 0.6) is 0 Å². The molecular weight excluding hydrogens is 439 g/mol. The van der Waals surface area contributed by atoms with Crippen molar-refractivity contribution in [3.05, 3.63) is 59.2 Å². The highest BCUT2D eigenvalue weighted by Gasteiger charge is 2.25. The van der Waals surface area contributed by atoms with Crippen LogP contribution in [0, 0.1) is 11.7 Å². The van der Waals surface area contributed by atoms with Gasteiger partial charge in [-0.3, -0.25) is 4.79 Å². The molecule has 1 saturated carbocycles. The molecule has 0 spiro atoms. The van der Waals surface area contributed by atoms with Crippen LogP contribution in [-0.2, 0) is 13.0 Å². The predicted molar refractivity (Wildman–Crippen MR) is 127 cm³/mol. The summed E-state index contributed by atoms with van der Waals surface area (Å²) in [5.41, 5.74) is 2.64. The second kappa shape index (κ2) is 9.23. The molecule has 3 heterocycles. The van der Waals surface area contributed by atoms with Gasteiger partial charge in [-0.05, 0) is 74.4 Å². The number of aromatic nitrogens is 4. The maximum Gasteiger partial charge on any atom is 0.259 e. The molecule has 0 atom stereocenters. The SMILES string of the molecule is CC(C)n1cnnc1-c1cccc(NC(=O)c2cc3c(cc2F)CCN(SCC2CC2)C3)n1. The van der Waals surface area contributed by atoms with E-state index < -0.39 is 11.7 Å². The van der Waals surface area contributed by atoms with Crippen molar-refractivity contribution in [2.75, 3.05) is 17.6 Å². The largest absolute Gasteiger partial charge is 0.310 e. The number of benzene rings is 1. The van der Waals surface area contributed by atoms with Crippen molar-refractivity contribution in [2.24, 2.45) is 5.92 Å². The van der Waals surface area contributed by atoms with Crippen LogP contribution in [0.3, 0.4) is 0 Å². The molecule has 1 aliphatic heterocycles. The summed E-state index contributed by atoms with van der Waals surface area (Å²) in [5.74, 6) is 1.95. The summed E-state index contributed by atoms with van der Waals surface area (Å²) >= 11 is 1.87. The number of carbonyl (C=O) groups excluding carboxylic acids is 1. The normalized spacial score (nSPS) is 16.1. The Hall–Kier alpha value is -2.78. The molecule has 1 N–H and O–H groups in total. The van der Waals surface area contributed by atoms with Gasteiger partial charge in [-0.2, -0.15) is 0 Å². The van der Waals surface area contributed by atoms with Crippen LogP contribution in [0.25, 0.3) is 11.5 Å². The summed E-state index contributed by atoms with van der Waals surface area (Å²) in [6.07, 6.45) is 5.11. The van der Waals surface area contributed by atoms with Gasteiger partial charge in [-0.1, -0.05) is 18.0 Å². The average Bonchev–Trinajstić information content (AvgIpc) is 3.50. The van der Waals surface area contributed by atoms with Gasteiger partial charge >= 0.3 is 0 Å². The molecule has 2 aliphatic rings. The lowest BCUT2D eigenvalue weighted by Gasteiger charge is -2.28. The third kappa shape index (κ3) is 4.94. The molecule has 3 aromatic rings. The fraction of sp³-hybridized carbons (Fsp3) is 0.417. The summed E-state index contributed by atoms with van der Waals surface area (Å²) < 4.78 is 19.0. The molecule has 0 radical (unpaired) electrons. The standard InChI is InChI=1S/C24H27FN6OS/c1-15(2)31-14-26-29-23(31)21-4-3-5-22(27-21)28-24(32)19-10-18-12-30(33-13-16-6-7-16)9-8-17(18)11-20(19)25/h3-5,10-11,14-16H,6-9,12-13H2,1-2H3,(H,27,28,32). The predicted octanol–water partition coefficient (Wildman–Crippen LogP) is 4.73. The Kier molecular flexibility index (Phi) is 6.16. The van der Waals surface area contributed by atoms with Gasteiger partial charge in [0.1, 0.15) is 23.7 Å². The summed E-state index contributed by atoms with van der Waals surface area (Å²) in [4.78, 5) is 17.5. The highest BCUT2D eigenvalue weighted by molar-refractivity contribution is 7.97. The fourth-order valence-corrected chi connectivity index (χ4v) is 5.16. The first-order chi connectivity index (χ1) is 16.0. The van der Waals surface area contributed by atoms with Crippen molar-refractivity contribution >= 4 is 23.7 Å². The van der Waals surface area contributed by atoms with Crippen molar-refractivity contribution in [1.29, 1.82) is 0 Å². The van der Waals surface area contributed by atoms with Crippen molar-refractivity contribution in [1.82, 2.24) is 24.1 Å². The van der Waals surface area contributed by atoms with E-state index in [9.17, 15) is 9.18 Å². The quantitative estimate of drug-likeness (QED) is 0.508. The number of pyridine rings is 1. The number of nitrogens with one attached hydrogen (secondary N) is 1. The average molecular weight is 467 g/mol. The minimum Gasteiger partial charge on any atom is -0.310 e. The molecule has 172 valence electrons. The van der Waals surface area contributed by atoms with Crippen molar-refractivity contribution in [2.45, 2.75) is 45.7 Å². The number of carbonyl (C=O) groups is 1. The minimum absolute atomic E-state index is 0.0420. The molecule has 33 heavy (non-hydrogen) atoms. The molecule has 1 aliphatic carbocycles. The number of fused-ring (bicyclic) bond motifs is 1. The molecule has 1 amide bonds. The van der Waals surface area contributed by atoms with E-state index >= 15 is 0 Å². The molecular formula is C24H27FN6OS. The van der Waals surface area contributed by atoms with Crippen LogP contribution in [0.15, 0.2) is 36.7 Å². The lowest BCUT2D eigenvalue weighted by Crippen LogP contribution is -2.26. The van der Waals surface area contributed by atoms with Gasteiger partial charge in [0.05, 0.1) is 5.56 Å². The number of anilines is 1. The monoisotopic (exact) mass is 466 g/mol. The smallest absolute Gasteiger partial charge is 0.259 e. The van der Waals surface area contributed by atoms with Gasteiger partial charge in [0.25, 0.3) is 5.91 Å². The van der Waals surface area contributed by atoms with E-state index in [0.29, 0.717) is 17.3 Å².